The normalized spacial score (nSPS) is 20.3. The van der Waals surface area contributed by atoms with Gasteiger partial charge in [-0.2, -0.15) is 4.68 Å². The molecule has 38 heavy (non-hydrogen) atoms. The molecule has 5 rings (SSSR count). The first-order valence-corrected chi connectivity index (χ1v) is 13.7. The van der Waals surface area contributed by atoms with Crippen molar-refractivity contribution in [3.8, 4) is 11.4 Å². The smallest absolute Gasteiger partial charge is 0.355 e. The summed E-state index contributed by atoms with van der Waals surface area (Å²) in [5, 5.41) is 4.43. The summed E-state index contributed by atoms with van der Waals surface area (Å²) >= 11 is 6.01. The zero-order chi connectivity index (χ0) is 27.0. The monoisotopic (exact) mass is 540 g/mol. The van der Waals surface area contributed by atoms with E-state index in [4.69, 9.17) is 16.3 Å². The van der Waals surface area contributed by atoms with Gasteiger partial charge in [-0.1, -0.05) is 37.6 Å². The number of carbonyl (C=O) groups is 1. The Morgan fingerprint density at radius 3 is 2.37 bits per heavy atom. The average Bonchev–Trinajstić information content (AvgIpc) is 3.32. The number of nitrogens with zero attached hydrogens (tertiary/aromatic N) is 4. The van der Waals surface area contributed by atoms with Gasteiger partial charge < -0.3 is 4.74 Å². The van der Waals surface area contributed by atoms with E-state index >= 15 is 0 Å². The lowest BCUT2D eigenvalue weighted by molar-refractivity contribution is -0.119. The van der Waals surface area contributed by atoms with E-state index in [0.717, 1.165) is 19.6 Å². The number of hydrogen-bond donors (Lipinski definition) is 0. The molecule has 0 N–H and O–H groups in total. The van der Waals surface area contributed by atoms with Crippen molar-refractivity contribution < 1.29 is 13.9 Å². The van der Waals surface area contributed by atoms with Crippen molar-refractivity contribution in [2.75, 3.05) is 13.2 Å². The number of Topliss-reactive ketones (excluding diaryl/α,β-unsaturated/α-hetero) is 1. The first-order valence-electron chi connectivity index (χ1n) is 13.3. The minimum Gasteiger partial charge on any atom is -0.378 e. The van der Waals surface area contributed by atoms with Crippen LogP contribution in [-0.2, 0) is 22.4 Å². The number of ketones is 1. The highest BCUT2D eigenvalue weighted by Gasteiger charge is 2.39. The summed E-state index contributed by atoms with van der Waals surface area (Å²) in [5.74, 6) is -0.118. The van der Waals surface area contributed by atoms with E-state index in [1.807, 2.05) is 38.1 Å². The first-order chi connectivity index (χ1) is 18.2. The number of ether oxygens (including phenoxy) is 1. The Morgan fingerprint density at radius 2 is 1.74 bits per heavy atom. The molecule has 3 heterocycles. The summed E-state index contributed by atoms with van der Waals surface area (Å²) in [6, 6.07) is 13.3. The average molecular weight is 541 g/mol. The van der Waals surface area contributed by atoms with Crippen molar-refractivity contribution in [1.29, 1.82) is 0 Å². The summed E-state index contributed by atoms with van der Waals surface area (Å²) < 4.78 is 22.2. The molecule has 0 amide bonds. The van der Waals surface area contributed by atoms with E-state index in [-0.39, 0.29) is 23.1 Å². The van der Waals surface area contributed by atoms with E-state index < -0.39 is 11.5 Å². The molecule has 202 valence electrons. The van der Waals surface area contributed by atoms with Crippen LogP contribution in [0, 0.1) is 11.7 Å². The Labute approximate surface area is 227 Å². The fourth-order valence-corrected chi connectivity index (χ4v) is 6.05. The molecule has 0 saturated carbocycles. The molecule has 2 bridgehead atoms. The molecule has 3 unspecified atom stereocenters. The van der Waals surface area contributed by atoms with Crippen molar-refractivity contribution in [1.82, 2.24) is 19.2 Å². The number of halogens is 2. The molecule has 2 saturated heterocycles. The van der Waals surface area contributed by atoms with Crippen LogP contribution < -0.4 is 5.69 Å². The second-order valence-corrected chi connectivity index (χ2v) is 11.4. The summed E-state index contributed by atoms with van der Waals surface area (Å²) in [6.07, 6.45) is 3.66. The fourth-order valence-electron chi connectivity index (χ4n) is 5.88. The molecule has 0 radical (unpaired) electrons. The Bertz CT molecular complexity index is 1350. The predicted octanol–water partition coefficient (Wildman–Crippen LogP) is 4.77. The highest BCUT2D eigenvalue weighted by atomic mass is 35.5. The van der Waals surface area contributed by atoms with Crippen LogP contribution in [0.3, 0.4) is 0 Å². The van der Waals surface area contributed by atoms with Crippen molar-refractivity contribution >= 4 is 17.4 Å². The van der Waals surface area contributed by atoms with Crippen molar-refractivity contribution in [3.05, 3.63) is 75.2 Å². The lowest BCUT2D eigenvalue weighted by Crippen LogP contribution is -2.50. The molecule has 1 aromatic heterocycles. The van der Waals surface area contributed by atoms with Crippen LogP contribution in [0.4, 0.5) is 4.39 Å². The molecular formula is C29H34ClFN4O3. The Hall–Kier alpha value is -2.81. The molecule has 2 aliphatic heterocycles. The number of aromatic nitrogens is 3. The quantitative estimate of drug-likeness (QED) is 0.391. The van der Waals surface area contributed by atoms with Crippen LogP contribution in [0.15, 0.2) is 47.3 Å². The lowest BCUT2D eigenvalue weighted by Gasteiger charge is -2.39. The van der Waals surface area contributed by atoms with Crippen molar-refractivity contribution in [2.24, 2.45) is 5.92 Å². The molecule has 7 nitrogen and oxygen atoms in total. The third-order valence-corrected chi connectivity index (χ3v) is 7.81. The maximum absolute atomic E-state index is 13.8. The lowest BCUT2D eigenvalue weighted by atomic mass is 10.0. The number of hydrogen-bond acceptors (Lipinski definition) is 5. The molecule has 0 aliphatic carbocycles. The summed E-state index contributed by atoms with van der Waals surface area (Å²) in [6.45, 7) is 7.83. The minimum atomic E-state index is -0.580. The molecule has 2 aliphatic rings. The van der Waals surface area contributed by atoms with Crippen LogP contribution in [0.2, 0.25) is 5.02 Å². The highest BCUT2D eigenvalue weighted by Crippen LogP contribution is 2.31. The third kappa shape index (κ3) is 5.48. The van der Waals surface area contributed by atoms with E-state index in [1.54, 1.807) is 0 Å². The van der Waals surface area contributed by atoms with Gasteiger partial charge in [0, 0.05) is 24.5 Å². The van der Waals surface area contributed by atoms with Crippen LogP contribution in [0.25, 0.3) is 11.4 Å². The zero-order valence-electron chi connectivity index (χ0n) is 22.1. The highest BCUT2D eigenvalue weighted by molar-refractivity contribution is 6.30. The Kier molecular flexibility index (Phi) is 7.84. The van der Waals surface area contributed by atoms with Gasteiger partial charge >= 0.3 is 5.69 Å². The van der Waals surface area contributed by atoms with Crippen LogP contribution in [0.1, 0.15) is 51.4 Å². The number of carbonyl (C=O) groups excluding carboxylic acids is 1. The van der Waals surface area contributed by atoms with E-state index in [0.29, 0.717) is 41.7 Å². The van der Waals surface area contributed by atoms with Crippen molar-refractivity contribution in [3.63, 3.8) is 0 Å². The predicted molar refractivity (Wildman–Crippen MR) is 145 cm³/mol. The van der Waals surface area contributed by atoms with E-state index in [1.165, 1.54) is 45.9 Å². The molecule has 3 aromatic rings. The SMILES string of the molecule is CC(C)CC(=O)Cc1nn(-c2ccc(CC(C)N3C4CCC3COC4)cc2)c(=O)n1-c1ccc(F)c(Cl)c1. The number of morpholine rings is 1. The van der Waals surface area contributed by atoms with Gasteiger partial charge in [0.05, 0.1) is 36.0 Å². The Morgan fingerprint density at radius 1 is 1.08 bits per heavy atom. The van der Waals surface area contributed by atoms with Crippen molar-refractivity contribution in [2.45, 2.75) is 71.0 Å². The fraction of sp³-hybridized carbons (Fsp3) is 0.483. The maximum Gasteiger partial charge on any atom is 0.355 e. The number of benzene rings is 2. The minimum absolute atomic E-state index is 0.00705. The van der Waals surface area contributed by atoms with Gasteiger partial charge in [-0.15, -0.1) is 5.10 Å². The molecule has 2 fully saturated rings. The van der Waals surface area contributed by atoms with Gasteiger partial charge in [-0.3, -0.25) is 9.69 Å². The third-order valence-electron chi connectivity index (χ3n) is 7.52. The molecule has 9 heteroatoms. The second kappa shape index (κ2) is 11.1. The standard InChI is InChI=1S/C29H34ClFN4O3/c1-18(2)12-25(36)15-28-32-35(29(37)34(28)22-10-11-27(31)26(30)14-22)21-6-4-20(5-7-21)13-19(3)33-23-8-9-24(33)17-38-16-23/h4-7,10-11,14,18-19,23-24H,8-9,12-13,15-17H2,1-3H3. The van der Waals surface area contributed by atoms with Crippen LogP contribution in [-0.4, -0.2) is 56.4 Å². The summed E-state index contributed by atoms with van der Waals surface area (Å²) in [5.41, 5.74) is 1.70. The summed E-state index contributed by atoms with van der Waals surface area (Å²) in [7, 11) is 0. The molecular weight excluding hydrogens is 507 g/mol. The Balaban J connectivity index is 1.42. The molecule has 0 spiro atoms. The van der Waals surface area contributed by atoms with Gasteiger partial charge in [0.1, 0.15) is 17.4 Å². The molecule has 2 aromatic carbocycles. The largest absolute Gasteiger partial charge is 0.378 e. The van der Waals surface area contributed by atoms with Crippen LogP contribution in [0.5, 0.6) is 0 Å². The number of fused-ring (bicyclic) bond motifs is 2. The van der Waals surface area contributed by atoms with Gasteiger partial charge in [0.15, 0.2) is 0 Å². The van der Waals surface area contributed by atoms with E-state index in [9.17, 15) is 14.0 Å². The number of rotatable bonds is 9. The van der Waals surface area contributed by atoms with E-state index in [2.05, 4.69) is 16.9 Å². The topological polar surface area (TPSA) is 69.4 Å². The van der Waals surface area contributed by atoms with Gasteiger partial charge in [-0.05, 0) is 68.0 Å². The van der Waals surface area contributed by atoms with Gasteiger partial charge in [0.25, 0.3) is 0 Å². The van der Waals surface area contributed by atoms with Crippen LogP contribution >= 0.6 is 11.6 Å². The first kappa shape index (κ1) is 26.8. The van der Waals surface area contributed by atoms with Gasteiger partial charge in [0.2, 0.25) is 0 Å². The zero-order valence-corrected chi connectivity index (χ0v) is 22.8. The second-order valence-electron chi connectivity index (χ2n) is 10.9. The molecule has 3 atom stereocenters. The van der Waals surface area contributed by atoms with Gasteiger partial charge in [-0.25, -0.2) is 13.8 Å². The summed E-state index contributed by atoms with van der Waals surface area (Å²) in [4.78, 5) is 28.8. The maximum atomic E-state index is 13.8.